The number of hydrogen-bond acceptors (Lipinski definition) is 0. The van der Waals surface area contributed by atoms with Gasteiger partial charge in [-0.2, -0.15) is 88.6 Å². The Morgan fingerprint density at radius 2 is 0.909 bits per heavy atom. The van der Waals surface area contributed by atoms with Crippen molar-refractivity contribution in [3.05, 3.63) is 113 Å². The monoisotopic (exact) mass is 866 g/mol. The minimum Gasteiger partial charge on any atom is -0.214 e. The Balaban J connectivity index is 0.00000104. The van der Waals surface area contributed by atoms with E-state index in [2.05, 4.69) is 0 Å². The molecule has 4 aromatic carbocycles. The van der Waals surface area contributed by atoms with Crippen molar-refractivity contribution < 1.29 is 69.8 Å². The molecular formula is C40H40F12FeP2. The predicted molar refractivity (Wildman–Crippen MR) is 192 cm³/mol. The number of rotatable bonds is 7. The van der Waals surface area contributed by atoms with Crippen molar-refractivity contribution in [3.63, 3.8) is 0 Å². The van der Waals surface area contributed by atoms with Crippen LogP contribution in [0.1, 0.15) is 105 Å². The van der Waals surface area contributed by atoms with Crippen molar-refractivity contribution in [1.82, 2.24) is 0 Å². The maximum Gasteiger partial charge on any atom is 2.00 e. The summed E-state index contributed by atoms with van der Waals surface area (Å²) in [4.78, 5) is 0. The summed E-state index contributed by atoms with van der Waals surface area (Å²) >= 11 is 0. The third-order valence-corrected chi connectivity index (χ3v) is 16.5. The van der Waals surface area contributed by atoms with Gasteiger partial charge in [0.15, 0.2) is 0 Å². The van der Waals surface area contributed by atoms with Crippen LogP contribution in [-0.4, -0.2) is 11.3 Å². The number of alkyl halides is 12. The molecule has 0 bridgehead atoms. The van der Waals surface area contributed by atoms with Gasteiger partial charge in [-0.15, -0.1) is 13.2 Å². The average molecular weight is 867 g/mol. The van der Waals surface area contributed by atoms with Gasteiger partial charge in [-0.05, 0) is 91.9 Å². The summed E-state index contributed by atoms with van der Waals surface area (Å²) in [5.74, 6) is 0. The minimum atomic E-state index is -5.28. The Morgan fingerprint density at radius 3 is 1.22 bits per heavy atom. The van der Waals surface area contributed by atoms with E-state index in [1.807, 2.05) is 37.3 Å². The molecule has 0 aromatic heterocycles. The van der Waals surface area contributed by atoms with Crippen LogP contribution in [-0.2, 0) is 41.8 Å². The van der Waals surface area contributed by atoms with E-state index in [1.54, 1.807) is 12.1 Å². The van der Waals surface area contributed by atoms with Crippen LogP contribution in [0.2, 0.25) is 0 Å². The van der Waals surface area contributed by atoms with Gasteiger partial charge < -0.3 is 0 Å². The van der Waals surface area contributed by atoms with E-state index in [0.29, 0.717) is 41.1 Å². The molecule has 0 saturated heterocycles. The molecule has 2 aliphatic carbocycles. The van der Waals surface area contributed by atoms with E-state index in [1.165, 1.54) is 6.07 Å². The smallest absolute Gasteiger partial charge is 0.214 e. The SMILES string of the molecule is C[C@H](c1cc[cH-]c1P(c1cc(C(F)(F)F)cc(C(F)(F)F)c1)c1cc(C(F)(F)F)cc(C(F)(F)F)c1)P(C1CCCCC1)C1CCCCC1.[Fe+2].c1cc[cH-]c1. The molecule has 2 saturated carbocycles. The maximum atomic E-state index is 14.1. The van der Waals surface area contributed by atoms with Crippen LogP contribution in [0.5, 0.6) is 0 Å². The molecule has 0 amide bonds. The molecule has 0 spiro atoms. The molecule has 2 aliphatic rings. The Hall–Kier alpha value is -2.32. The van der Waals surface area contributed by atoms with E-state index in [0.717, 1.165) is 64.2 Å². The van der Waals surface area contributed by atoms with E-state index < -0.39 is 73.4 Å². The summed E-state index contributed by atoms with van der Waals surface area (Å²) in [6.45, 7) is 1.96. The van der Waals surface area contributed by atoms with Crippen LogP contribution in [0.25, 0.3) is 0 Å². The van der Waals surface area contributed by atoms with Gasteiger partial charge in [0, 0.05) is 0 Å². The van der Waals surface area contributed by atoms with Gasteiger partial charge in [0.25, 0.3) is 0 Å². The molecule has 0 aliphatic heterocycles. The first kappa shape index (κ1) is 45.4. The maximum absolute atomic E-state index is 14.1. The van der Waals surface area contributed by atoms with Gasteiger partial charge >= 0.3 is 41.8 Å². The summed E-state index contributed by atoms with van der Waals surface area (Å²) in [6.07, 6.45) is -10.9. The fourth-order valence-corrected chi connectivity index (χ4v) is 14.8. The van der Waals surface area contributed by atoms with Gasteiger partial charge in [-0.3, -0.25) is 0 Å². The van der Waals surface area contributed by atoms with Crippen molar-refractivity contribution in [1.29, 1.82) is 0 Å². The average Bonchev–Trinajstić information content (AvgIpc) is 3.84. The fraction of sp³-hybridized carbons (Fsp3) is 0.450. The first-order valence-corrected chi connectivity index (χ1v) is 20.7. The van der Waals surface area contributed by atoms with Gasteiger partial charge in [-0.25, -0.2) is 18.2 Å². The molecule has 0 N–H and O–H groups in total. The summed E-state index contributed by atoms with van der Waals surface area (Å²) in [6, 6.07) is 16.2. The Bertz CT molecular complexity index is 1600. The number of hydrogen-bond donors (Lipinski definition) is 0. The van der Waals surface area contributed by atoms with Crippen LogP contribution < -0.4 is 15.9 Å². The number of benzene rings is 2. The predicted octanol–water partition coefficient (Wildman–Crippen LogP) is 13.9. The largest absolute Gasteiger partial charge is 2.00 e. The molecule has 2 fully saturated rings. The molecule has 55 heavy (non-hydrogen) atoms. The second kappa shape index (κ2) is 18.5. The van der Waals surface area contributed by atoms with Crippen molar-refractivity contribution in [3.8, 4) is 0 Å². The van der Waals surface area contributed by atoms with Crippen LogP contribution in [0.4, 0.5) is 52.7 Å². The molecule has 1 atom stereocenters. The molecular weight excluding hydrogens is 826 g/mol. The molecule has 6 rings (SSSR count). The quantitative estimate of drug-likeness (QED) is 0.0751. The van der Waals surface area contributed by atoms with Crippen LogP contribution >= 0.6 is 15.8 Å². The van der Waals surface area contributed by atoms with Gasteiger partial charge in [0.05, 0.1) is 22.3 Å². The summed E-state index contributed by atoms with van der Waals surface area (Å²) < 4.78 is 169. The molecule has 0 unspecified atom stereocenters. The van der Waals surface area contributed by atoms with E-state index >= 15 is 0 Å². The normalized spacial score (nSPS) is 17.1. The minimum absolute atomic E-state index is 0. The number of halogens is 12. The molecule has 4 aromatic rings. The summed E-state index contributed by atoms with van der Waals surface area (Å²) in [5.41, 5.74) is -5.75. The van der Waals surface area contributed by atoms with E-state index in [-0.39, 0.29) is 40.2 Å². The van der Waals surface area contributed by atoms with Gasteiger partial charge in [0.1, 0.15) is 0 Å². The fourth-order valence-electron chi connectivity index (χ4n) is 7.71. The first-order valence-electron chi connectivity index (χ1n) is 17.8. The van der Waals surface area contributed by atoms with Crippen molar-refractivity contribution in [2.24, 2.45) is 0 Å². The van der Waals surface area contributed by atoms with Crippen molar-refractivity contribution >= 4 is 31.8 Å². The summed E-state index contributed by atoms with van der Waals surface area (Å²) in [7, 11) is -3.56. The zero-order valence-corrected chi connectivity index (χ0v) is 32.6. The molecule has 302 valence electrons. The second-order valence-electron chi connectivity index (χ2n) is 13.9. The van der Waals surface area contributed by atoms with Gasteiger partial charge in [-0.1, -0.05) is 51.1 Å². The topological polar surface area (TPSA) is 0 Å². The third-order valence-electron chi connectivity index (χ3n) is 10.2. The van der Waals surface area contributed by atoms with Crippen molar-refractivity contribution in [2.45, 2.75) is 113 Å². The van der Waals surface area contributed by atoms with Crippen molar-refractivity contribution in [2.75, 3.05) is 0 Å². The molecule has 0 heterocycles. The Kier molecular flexibility index (Phi) is 15.3. The molecule has 15 heteroatoms. The Labute approximate surface area is 326 Å². The van der Waals surface area contributed by atoms with Crippen LogP contribution in [0, 0.1) is 0 Å². The Morgan fingerprint density at radius 1 is 0.545 bits per heavy atom. The molecule has 0 nitrogen and oxygen atoms in total. The first-order chi connectivity index (χ1) is 25.2. The summed E-state index contributed by atoms with van der Waals surface area (Å²) in [5, 5.41) is -1.10. The third kappa shape index (κ3) is 11.6. The van der Waals surface area contributed by atoms with Crippen LogP contribution in [0.15, 0.2) is 84.9 Å². The van der Waals surface area contributed by atoms with Gasteiger partial charge in [0.2, 0.25) is 0 Å². The van der Waals surface area contributed by atoms with Crippen LogP contribution in [0.3, 0.4) is 0 Å². The standard InChI is InChI=1S/C35H35F12P2.C5H5.Fe/c1-21(48(26-9-4-2-5-10-26)27-11-6-3-7-12-27)30-13-8-14-31(30)49(28-17-22(32(36,37)38)15-23(18-28)33(39,40)41)29-19-24(34(42,43)44)16-25(20-29)35(45,46)47;1-2-4-5-3-1;/h8,13-21,26-27H,2-7,9-12H2,1H3;1-5H;/q2*-1;+2/t21-;;/m1../s1. The molecule has 0 radical (unpaired) electrons. The zero-order valence-electron chi connectivity index (χ0n) is 29.7. The second-order valence-corrected chi connectivity index (χ2v) is 19.2. The zero-order chi connectivity index (χ0) is 39.5. The van der Waals surface area contributed by atoms with E-state index in [9.17, 15) is 52.7 Å². The van der Waals surface area contributed by atoms with E-state index in [4.69, 9.17) is 0 Å².